The van der Waals surface area contributed by atoms with Crippen LogP contribution in [-0.4, -0.2) is 41.3 Å². The van der Waals surface area contributed by atoms with E-state index in [-0.39, 0.29) is 0 Å². The van der Waals surface area contributed by atoms with Crippen molar-refractivity contribution in [2.75, 3.05) is 36.9 Å². The zero-order valence-electron chi connectivity index (χ0n) is 15.5. The van der Waals surface area contributed by atoms with Gasteiger partial charge in [-0.15, -0.1) is 11.3 Å². The first-order valence-corrected chi connectivity index (χ1v) is 10.9. The second-order valence-corrected chi connectivity index (χ2v) is 8.74. The van der Waals surface area contributed by atoms with Crippen molar-refractivity contribution in [2.45, 2.75) is 0 Å². The van der Waals surface area contributed by atoms with E-state index < -0.39 is 0 Å². The average Bonchev–Trinajstić information content (AvgIpc) is 3.24. The van der Waals surface area contributed by atoms with E-state index in [0.29, 0.717) is 11.5 Å². The van der Waals surface area contributed by atoms with Gasteiger partial charge in [0.25, 0.3) is 0 Å². The van der Waals surface area contributed by atoms with Gasteiger partial charge in [-0.05, 0) is 41.5 Å². The molecule has 2 N–H and O–H groups in total. The van der Waals surface area contributed by atoms with E-state index in [1.807, 2.05) is 12.1 Å². The number of ether oxygens (including phenoxy) is 1. The van der Waals surface area contributed by atoms with Crippen LogP contribution in [0.15, 0.2) is 53.3 Å². The maximum atomic E-state index is 6.20. The monoisotopic (exact) mass is 467 g/mol. The molecule has 3 aromatic heterocycles. The molecule has 0 atom stereocenters. The molecule has 0 bridgehead atoms. The first-order chi connectivity index (χ1) is 14.2. The molecule has 0 spiro atoms. The maximum Gasteiger partial charge on any atom is 0.165 e. The van der Waals surface area contributed by atoms with Gasteiger partial charge in [0, 0.05) is 17.6 Å². The molecule has 0 saturated carbocycles. The molecule has 4 aromatic rings. The number of hydrogen-bond donors (Lipinski definition) is 1. The van der Waals surface area contributed by atoms with Crippen LogP contribution in [-0.2, 0) is 4.74 Å². The fourth-order valence-corrected chi connectivity index (χ4v) is 4.93. The Bertz CT molecular complexity index is 1190. The van der Waals surface area contributed by atoms with Crippen LogP contribution in [0, 0.1) is 0 Å². The maximum absolute atomic E-state index is 6.20. The molecule has 29 heavy (non-hydrogen) atoms. The number of nitrogens with two attached hydrogens (primary N) is 1. The normalized spacial score (nSPS) is 14.4. The zero-order valence-corrected chi connectivity index (χ0v) is 17.9. The Morgan fingerprint density at radius 3 is 2.76 bits per heavy atom. The minimum absolute atomic E-state index is 0.434. The number of aromatic nitrogens is 3. The molecule has 1 saturated heterocycles. The Morgan fingerprint density at radius 2 is 1.93 bits per heavy atom. The van der Waals surface area contributed by atoms with Gasteiger partial charge in [-0.2, -0.15) is 0 Å². The highest BCUT2D eigenvalue weighted by atomic mass is 79.9. The second-order valence-electron chi connectivity index (χ2n) is 6.76. The number of morpholine rings is 1. The lowest BCUT2D eigenvalue weighted by molar-refractivity contribution is 0.123. The third-order valence-corrected chi connectivity index (χ3v) is 6.60. The molecule has 1 aliphatic heterocycles. The number of thiophene rings is 1. The molecule has 5 rings (SSSR count). The third kappa shape index (κ3) is 3.59. The summed E-state index contributed by atoms with van der Waals surface area (Å²) < 4.78 is 6.47. The van der Waals surface area contributed by atoms with Crippen molar-refractivity contribution in [3.63, 3.8) is 0 Å². The van der Waals surface area contributed by atoms with Crippen molar-refractivity contribution < 1.29 is 4.74 Å². The van der Waals surface area contributed by atoms with E-state index in [1.54, 1.807) is 11.3 Å². The van der Waals surface area contributed by atoms with Crippen molar-refractivity contribution in [2.24, 2.45) is 0 Å². The number of fused-ring (bicyclic) bond motifs is 1. The molecule has 1 aliphatic rings. The van der Waals surface area contributed by atoms with Gasteiger partial charge in [0.1, 0.15) is 12.1 Å². The number of pyridine rings is 1. The number of nitrogens with zero attached hydrogens (tertiary/aromatic N) is 4. The summed E-state index contributed by atoms with van der Waals surface area (Å²) in [5.74, 6) is 0.434. The van der Waals surface area contributed by atoms with Crippen LogP contribution in [0.25, 0.3) is 32.7 Å². The number of nitrogen functional groups attached to an aromatic ring is 1. The fourth-order valence-electron chi connectivity index (χ4n) is 3.52. The number of rotatable bonds is 3. The predicted octanol–water partition coefficient (Wildman–Crippen LogP) is 4.60. The van der Waals surface area contributed by atoms with Crippen molar-refractivity contribution in [1.82, 2.24) is 15.0 Å². The zero-order chi connectivity index (χ0) is 19.8. The fraction of sp³-hybridized carbons (Fsp3) is 0.190. The van der Waals surface area contributed by atoms with Gasteiger partial charge < -0.3 is 15.4 Å². The van der Waals surface area contributed by atoms with Crippen molar-refractivity contribution in [1.29, 1.82) is 0 Å². The van der Waals surface area contributed by atoms with Crippen LogP contribution in [0.1, 0.15) is 0 Å². The molecule has 6 nitrogen and oxygen atoms in total. The number of anilines is 2. The summed E-state index contributed by atoms with van der Waals surface area (Å²) in [4.78, 5) is 16.8. The van der Waals surface area contributed by atoms with E-state index >= 15 is 0 Å². The van der Waals surface area contributed by atoms with E-state index in [9.17, 15) is 0 Å². The second kappa shape index (κ2) is 7.70. The number of hydrogen-bond acceptors (Lipinski definition) is 7. The Hall–Kier alpha value is -2.55. The molecular weight excluding hydrogens is 450 g/mol. The molecule has 0 amide bonds. The smallest absolute Gasteiger partial charge is 0.165 e. The quantitative estimate of drug-likeness (QED) is 0.474. The van der Waals surface area contributed by atoms with E-state index in [2.05, 4.69) is 61.1 Å². The summed E-state index contributed by atoms with van der Waals surface area (Å²) in [5, 5.41) is 2.01. The Morgan fingerprint density at radius 1 is 1.07 bits per heavy atom. The minimum Gasteiger partial charge on any atom is -0.383 e. The topological polar surface area (TPSA) is 77.2 Å². The summed E-state index contributed by atoms with van der Waals surface area (Å²) in [5.41, 5.74) is 9.71. The summed E-state index contributed by atoms with van der Waals surface area (Å²) in [6.45, 7) is 3.37. The largest absolute Gasteiger partial charge is 0.383 e. The molecule has 1 fully saturated rings. The first kappa shape index (κ1) is 18.5. The molecule has 4 heterocycles. The predicted molar refractivity (Wildman–Crippen MR) is 121 cm³/mol. The molecule has 8 heteroatoms. The van der Waals surface area contributed by atoms with Crippen LogP contribution >= 0.6 is 27.3 Å². The van der Waals surface area contributed by atoms with Gasteiger partial charge in [-0.1, -0.05) is 28.1 Å². The highest BCUT2D eigenvalue weighted by molar-refractivity contribution is 9.10. The van der Waals surface area contributed by atoms with Crippen LogP contribution in [0.2, 0.25) is 0 Å². The van der Waals surface area contributed by atoms with Crippen LogP contribution in [0.3, 0.4) is 0 Å². The highest BCUT2D eigenvalue weighted by Gasteiger charge is 2.17. The molecule has 0 aliphatic carbocycles. The molecule has 0 unspecified atom stereocenters. The summed E-state index contributed by atoms with van der Waals surface area (Å²) in [7, 11) is 0. The summed E-state index contributed by atoms with van der Waals surface area (Å²) >= 11 is 5.30. The molecule has 1 aromatic carbocycles. The van der Waals surface area contributed by atoms with Gasteiger partial charge >= 0.3 is 0 Å². The summed E-state index contributed by atoms with van der Waals surface area (Å²) in [6.07, 6.45) is 1.46. The highest BCUT2D eigenvalue weighted by Crippen LogP contribution is 2.38. The molecular formula is C21H18BrN5OS. The van der Waals surface area contributed by atoms with Gasteiger partial charge in [-0.25, -0.2) is 15.0 Å². The minimum atomic E-state index is 0.434. The Labute approximate surface area is 180 Å². The van der Waals surface area contributed by atoms with E-state index in [4.69, 9.17) is 15.5 Å². The van der Waals surface area contributed by atoms with Crippen LogP contribution in [0.4, 0.5) is 10.8 Å². The third-order valence-electron chi connectivity index (χ3n) is 4.94. The first-order valence-electron chi connectivity index (χ1n) is 9.29. The SMILES string of the molecule is Nc1ncnc2nc(-c3ccc(N4CCOCC4)s3)cc(-c3cccc(Br)c3)c12. The van der Waals surface area contributed by atoms with E-state index in [0.717, 1.165) is 57.9 Å². The van der Waals surface area contributed by atoms with Gasteiger partial charge in [-0.3, -0.25) is 0 Å². The Kier molecular flexibility index (Phi) is 4.91. The number of halogens is 1. The van der Waals surface area contributed by atoms with Crippen molar-refractivity contribution in [3.05, 3.63) is 53.3 Å². The van der Waals surface area contributed by atoms with Gasteiger partial charge in [0.15, 0.2) is 5.65 Å². The van der Waals surface area contributed by atoms with Gasteiger partial charge in [0.05, 0.1) is 34.2 Å². The van der Waals surface area contributed by atoms with Crippen molar-refractivity contribution in [3.8, 4) is 21.7 Å². The molecule has 0 radical (unpaired) electrons. The van der Waals surface area contributed by atoms with Crippen LogP contribution < -0.4 is 10.6 Å². The van der Waals surface area contributed by atoms with Crippen molar-refractivity contribution >= 4 is 49.1 Å². The lowest BCUT2D eigenvalue weighted by Crippen LogP contribution is -2.35. The summed E-state index contributed by atoms with van der Waals surface area (Å²) in [6, 6.07) is 14.5. The van der Waals surface area contributed by atoms with E-state index in [1.165, 1.54) is 11.3 Å². The van der Waals surface area contributed by atoms with Gasteiger partial charge in [0.2, 0.25) is 0 Å². The lowest BCUT2D eigenvalue weighted by atomic mass is 10.0. The average molecular weight is 468 g/mol. The number of benzene rings is 1. The molecule has 146 valence electrons. The van der Waals surface area contributed by atoms with Crippen LogP contribution in [0.5, 0.6) is 0 Å². The lowest BCUT2D eigenvalue weighted by Gasteiger charge is -2.27. The Balaban J connectivity index is 1.65. The standard InChI is InChI=1S/C21H18BrN5OS/c22-14-3-1-2-13(10-14)15-11-16(26-21-19(15)20(23)24-12-25-21)17-4-5-18(29-17)27-6-8-28-9-7-27/h1-5,10-12H,6-9H2,(H2,23,24,25,26).